The molecule has 0 aromatic heterocycles. The molecule has 2 bridgehead atoms. The predicted octanol–water partition coefficient (Wildman–Crippen LogP) is 2.22. The van der Waals surface area contributed by atoms with E-state index in [-0.39, 0.29) is 6.10 Å². The molecule has 0 aromatic carbocycles. The molecule has 0 heterocycles. The first-order valence-corrected chi connectivity index (χ1v) is 5.49. The minimum Gasteiger partial charge on any atom is -0.393 e. The van der Waals surface area contributed by atoms with Gasteiger partial charge >= 0.3 is 0 Å². The second-order valence-corrected chi connectivity index (χ2v) is 5.50. The summed E-state index contributed by atoms with van der Waals surface area (Å²) in [4.78, 5) is 0. The first-order chi connectivity index (χ1) is 6.14. The molecule has 3 rings (SSSR count). The molecule has 13 heavy (non-hydrogen) atoms. The Balaban J connectivity index is 2.03. The van der Waals surface area contributed by atoms with Gasteiger partial charge in [0, 0.05) is 0 Å². The van der Waals surface area contributed by atoms with Crippen molar-refractivity contribution >= 4 is 0 Å². The molecule has 0 amide bonds. The fraction of sp³-hybridized carbons (Fsp3) is 0.833. The highest BCUT2D eigenvalue weighted by Gasteiger charge is 2.62. The molecule has 2 fully saturated rings. The zero-order valence-electron chi connectivity index (χ0n) is 8.40. The van der Waals surface area contributed by atoms with Crippen LogP contribution in [0.5, 0.6) is 0 Å². The Bertz CT molecular complexity index is 270. The van der Waals surface area contributed by atoms with E-state index in [0.717, 1.165) is 5.92 Å². The Labute approximate surface area is 79.8 Å². The summed E-state index contributed by atoms with van der Waals surface area (Å²) >= 11 is 0. The molecule has 2 saturated carbocycles. The van der Waals surface area contributed by atoms with E-state index < -0.39 is 0 Å². The molecule has 3 aliphatic carbocycles. The number of hydrogen-bond donors (Lipinski definition) is 1. The zero-order valence-corrected chi connectivity index (χ0v) is 8.40. The maximum Gasteiger partial charge on any atom is 0.0605 e. The number of aliphatic hydroxyl groups is 1. The molecule has 6 atom stereocenters. The summed E-state index contributed by atoms with van der Waals surface area (Å²) in [6, 6.07) is 0. The van der Waals surface area contributed by atoms with Gasteiger partial charge in [-0.05, 0) is 41.9 Å². The Kier molecular flexibility index (Phi) is 1.36. The van der Waals surface area contributed by atoms with Crippen molar-refractivity contribution in [3.63, 3.8) is 0 Å². The Hall–Kier alpha value is -0.300. The number of rotatable bonds is 0. The number of hydrogen-bond acceptors (Lipinski definition) is 1. The minimum absolute atomic E-state index is 0.0333. The van der Waals surface area contributed by atoms with Gasteiger partial charge in [-0.15, -0.1) is 0 Å². The van der Waals surface area contributed by atoms with Gasteiger partial charge in [0.05, 0.1) is 6.10 Å². The van der Waals surface area contributed by atoms with Gasteiger partial charge in [-0.1, -0.05) is 26.0 Å². The van der Waals surface area contributed by atoms with Crippen molar-refractivity contribution in [3.8, 4) is 0 Å². The Morgan fingerprint density at radius 2 is 2.23 bits per heavy atom. The van der Waals surface area contributed by atoms with Gasteiger partial charge in [0.15, 0.2) is 0 Å². The molecule has 3 aliphatic rings. The predicted molar refractivity (Wildman–Crippen MR) is 52.1 cm³/mol. The maximum absolute atomic E-state index is 10.1. The van der Waals surface area contributed by atoms with Crippen LogP contribution >= 0.6 is 0 Å². The smallest absolute Gasteiger partial charge is 0.0605 e. The molecule has 0 spiro atoms. The van der Waals surface area contributed by atoms with E-state index in [4.69, 9.17) is 0 Å². The molecule has 1 N–H and O–H groups in total. The summed E-state index contributed by atoms with van der Waals surface area (Å²) in [6.07, 6.45) is 7.16. The lowest BCUT2D eigenvalue weighted by Gasteiger charge is -2.40. The molecule has 72 valence electrons. The van der Waals surface area contributed by atoms with Crippen molar-refractivity contribution in [2.24, 2.45) is 29.1 Å². The zero-order chi connectivity index (χ0) is 9.22. The van der Waals surface area contributed by atoms with Gasteiger partial charge in [-0.25, -0.2) is 0 Å². The van der Waals surface area contributed by atoms with Gasteiger partial charge in [-0.2, -0.15) is 0 Å². The summed E-state index contributed by atoms with van der Waals surface area (Å²) in [5.41, 5.74) is 0.429. The maximum atomic E-state index is 10.1. The van der Waals surface area contributed by atoms with Gasteiger partial charge in [-0.3, -0.25) is 0 Å². The number of fused-ring (bicyclic) bond motifs is 5. The van der Waals surface area contributed by atoms with Crippen LogP contribution in [-0.2, 0) is 0 Å². The first kappa shape index (κ1) is 8.05. The minimum atomic E-state index is -0.0333. The van der Waals surface area contributed by atoms with Crippen molar-refractivity contribution in [1.82, 2.24) is 0 Å². The number of aliphatic hydroxyl groups excluding tert-OH is 1. The summed E-state index contributed by atoms with van der Waals surface area (Å²) in [7, 11) is 0. The summed E-state index contributed by atoms with van der Waals surface area (Å²) in [5.74, 6) is 2.63. The van der Waals surface area contributed by atoms with E-state index >= 15 is 0 Å². The molecule has 0 aromatic rings. The van der Waals surface area contributed by atoms with Crippen LogP contribution in [0, 0.1) is 29.1 Å². The van der Waals surface area contributed by atoms with Crippen LogP contribution in [0.2, 0.25) is 0 Å². The van der Waals surface area contributed by atoms with E-state index in [0.29, 0.717) is 23.2 Å². The lowest BCUT2D eigenvalue weighted by molar-refractivity contribution is -0.00540. The average molecular weight is 178 g/mol. The van der Waals surface area contributed by atoms with Crippen LogP contribution in [0.1, 0.15) is 26.7 Å². The quantitative estimate of drug-likeness (QED) is 0.564. The van der Waals surface area contributed by atoms with Crippen LogP contribution in [0.3, 0.4) is 0 Å². The van der Waals surface area contributed by atoms with Crippen LogP contribution in [0.4, 0.5) is 0 Å². The van der Waals surface area contributed by atoms with E-state index in [9.17, 15) is 5.11 Å². The standard InChI is InChI=1S/C12H18O/c1-7-11(13)9-6-12(7,2)10-5-3-4-8(9)10/h3-4,7-11,13H,5-6H2,1-2H3. The molecular weight excluding hydrogens is 160 g/mol. The topological polar surface area (TPSA) is 20.2 Å². The van der Waals surface area contributed by atoms with E-state index in [1.807, 2.05) is 0 Å². The SMILES string of the molecule is CC1C(O)C2CC1(C)C1CC=CC21. The fourth-order valence-corrected chi connectivity index (χ4v) is 4.25. The second-order valence-electron chi connectivity index (χ2n) is 5.50. The van der Waals surface area contributed by atoms with Crippen molar-refractivity contribution in [2.45, 2.75) is 32.8 Å². The van der Waals surface area contributed by atoms with Crippen molar-refractivity contribution in [2.75, 3.05) is 0 Å². The van der Waals surface area contributed by atoms with Crippen molar-refractivity contribution in [3.05, 3.63) is 12.2 Å². The highest BCUT2D eigenvalue weighted by atomic mass is 16.3. The van der Waals surface area contributed by atoms with Crippen LogP contribution in [0.15, 0.2) is 12.2 Å². The average Bonchev–Trinajstić information content (AvgIpc) is 2.70. The van der Waals surface area contributed by atoms with Crippen LogP contribution < -0.4 is 0 Å². The third-order valence-electron chi connectivity index (χ3n) is 5.22. The Morgan fingerprint density at radius 3 is 3.00 bits per heavy atom. The molecular formula is C12H18O. The van der Waals surface area contributed by atoms with E-state index in [1.54, 1.807) is 0 Å². The van der Waals surface area contributed by atoms with Crippen molar-refractivity contribution in [1.29, 1.82) is 0 Å². The summed E-state index contributed by atoms with van der Waals surface area (Å²) in [5, 5.41) is 10.1. The van der Waals surface area contributed by atoms with E-state index in [2.05, 4.69) is 26.0 Å². The molecule has 0 saturated heterocycles. The lowest BCUT2D eigenvalue weighted by Crippen LogP contribution is -2.40. The third-order valence-corrected chi connectivity index (χ3v) is 5.22. The van der Waals surface area contributed by atoms with Gasteiger partial charge in [0.1, 0.15) is 0 Å². The monoisotopic (exact) mass is 178 g/mol. The summed E-state index contributed by atoms with van der Waals surface area (Å²) in [6.45, 7) is 4.62. The summed E-state index contributed by atoms with van der Waals surface area (Å²) < 4.78 is 0. The highest BCUT2D eigenvalue weighted by Crippen LogP contribution is 2.65. The Morgan fingerprint density at radius 1 is 1.46 bits per heavy atom. The van der Waals surface area contributed by atoms with Gasteiger partial charge in [0.25, 0.3) is 0 Å². The van der Waals surface area contributed by atoms with Crippen molar-refractivity contribution < 1.29 is 5.11 Å². The van der Waals surface area contributed by atoms with Gasteiger partial charge < -0.3 is 5.11 Å². The molecule has 1 nitrogen and oxygen atoms in total. The lowest BCUT2D eigenvalue weighted by atomic mass is 9.66. The van der Waals surface area contributed by atoms with Crippen LogP contribution in [-0.4, -0.2) is 11.2 Å². The second kappa shape index (κ2) is 2.20. The van der Waals surface area contributed by atoms with Crippen LogP contribution in [0.25, 0.3) is 0 Å². The van der Waals surface area contributed by atoms with Gasteiger partial charge in [0.2, 0.25) is 0 Å². The molecule has 0 radical (unpaired) electrons. The normalized spacial score (nSPS) is 63.2. The first-order valence-electron chi connectivity index (χ1n) is 5.49. The van der Waals surface area contributed by atoms with E-state index in [1.165, 1.54) is 12.8 Å². The number of allylic oxidation sites excluding steroid dienone is 2. The third kappa shape index (κ3) is 0.735. The molecule has 0 aliphatic heterocycles. The molecule has 1 heteroatoms. The highest BCUT2D eigenvalue weighted by molar-refractivity contribution is 5.20. The molecule has 6 unspecified atom stereocenters. The largest absolute Gasteiger partial charge is 0.393 e. The fourth-order valence-electron chi connectivity index (χ4n) is 4.25.